The van der Waals surface area contributed by atoms with Crippen LogP contribution in [0.25, 0.3) is 0 Å². The van der Waals surface area contributed by atoms with E-state index in [0.717, 1.165) is 34.4 Å². The average molecular weight is 444 g/mol. The molecular weight excluding hydrogens is 419 g/mol. The van der Waals surface area contributed by atoms with Gasteiger partial charge in [0.05, 0.1) is 5.69 Å². The number of aryl methyl sites for hydroxylation is 2. The van der Waals surface area contributed by atoms with Crippen LogP contribution in [0.15, 0.2) is 27.8 Å². The lowest BCUT2D eigenvalue weighted by atomic mass is 10.2. The van der Waals surface area contributed by atoms with Gasteiger partial charge in [-0.15, -0.1) is 24.0 Å². The first kappa shape index (κ1) is 20.2. The second-order valence-electron chi connectivity index (χ2n) is 5.46. The molecule has 0 aliphatic rings. The quantitative estimate of drug-likeness (QED) is 0.419. The molecule has 8 heteroatoms. The number of hydrogen-bond acceptors (Lipinski definition) is 5. The molecule has 0 atom stereocenters. The summed E-state index contributed by atoms with van der Waals surface area (Å²) in [6, 6.07) is 3.99. The van der Waals surface area contributed by atoms with Crippen molar-refractivity contribution in [3.8, 4) is 0 Å². The summed E-state index contributed by atoms with van der Waals surface area (Å²) in [5.41, 5.74) is 3.06. The zero-order chi connectivity index (χ0) is 16.8. The zero-order valence-corrected chi connectivity index (χ0v) is 17.1. The Morgan fingerprint density at radius 3 is 2.54 bits per heavy atom. The van der Waals surface area contributed by atoms with Gasteiger partial charge in [0.15, 0.2) is 5.96 Å². The first-order valence-corrected chi connectivity index (χ1v) is 7.50. The Balaban J connectivity index is 0.00000288. The van der Waals surface area contributed by atoms with E-state index in [1.807, 2.05) is 38.9 Å². The van der Waals surface area contributed by atoms with Crippen LogP contribution in [0, 0.1) is 13.8 Å². The van der Waals surface area contributed by atoms with Crippen molar-refractivity contribution >= 4 is 35.8 Å². The van der Waals surface area contributed by atoms with E-state index in [1.54, 1.807) is 13.2 Å². The van der Waals surface area contributed by atoms with Gasteiger partial charge in [-0.3, -0.25) is 4.99 Å². The fourth-order valence-corrected chi connectivity index (χ4v) is 2.30. The van der Waals surface area contributed by atoms with E-state index in [1.165, 1.54) is 0 Å². The van der Waals surface area contributed by atoms with Crippen molar-refractivity contribution in [2.75, 3.05) is 26.0 Å². The smallest absolute Gasteiger partial charge is 0.191 e. The summed E-state index contributed by atoms with van der Waals surface area (Å²) >= 11 is 0. The van der Waals surface area contributed by atoms with Crippen LogP contribution in [0.1, 0.15) is 22.6 Å². The molecular formula is C16H25IN6O. The van der Waals surface area contributed by atoms with E-state index in [-0.39, 0.29) is 24.0 Å². The molecule has 7 nitrogen and oxygen atoms in total. The van der Waals surface area contributed by atoms with Crippen molar-refractivity contribution in [2.45, 2.75) is 26.9 Å². The minimum atomic E-state index is 0. The largest absolute Gasteiger partial charge is 0.362 e. The fourth-order valence-electron chi connectivity index (χ4n) is 2.30. The van der Waals surface area contributed by atoms with Crippen LogP contribution in [0.2, 0.25) is 0 Å². The molecule has 0 aliphatic heterocycles. The van der Waals surface area contributed by atoms with Crippen LogP contribution in [0.3, 0.4) is 0 Å². The Bertz CT molecular complexity index is 663. The lowest BCUT2D eigenvalue weighted by Crippen LogP contribution is -2.36. The van der Waals surface area contributed by atoms with E-state index in [9.17, 15) is 0 Å². The molecule has 132 valence electrons. The highest BCUT2D eigenvalue weighted by molar-refractivity contribution is 14.0. The van der Waals surface area contributed by atoms with Gasteiger partial charge in [0.1, 0.15) is 11.6 Å². The Hall–Kier alpha value is -1.84. The third-order valence-electron chi connectivity index (χ3n) is 3.57. The molecule has 0 bridgehead atoms. The van der Waals surface area contributed by atoms with Crippen LogP contribution in [0.4, 0.5) is 5.82 Å². The third kappa shape index (κ3) is 5.08. The predicted octanol–water partition coefficient (Wildman–Crippen LogP) is 2.24. The van der Waals surface area contributed by atoms with Gasteiger partial charge >= 0.3 is 0 Å². The molecule has 0 fully saturated rings. The Morgan fingerprint density at radius 1 is 1.25 bits per heavy atom. The van der Waals surface area contributed by atoms with Crippen molar-refractivity contribution in [1.82, 2.24) is 20.8 Å². The normalized spacial score (nSPS) is 11.0. The number of hydrogen-bond donors (Lipinski definition) is 2. The number of rotatable bonds is 5. The summed E-state index contributed by atoms with van der Waals surface area (Å²) in [5, 5.41) is 10.5. The van der Waals surface area contributed by atoms with Crippen LogP contribution < -0.4 is 15.5 Å². The Morgan fingerprint density at radius 2 is 1.96 bits per heavy atom. The first-order valence-electron chi connectivity index (χ1n) is 7.50. The molecule has 2 rings (SSSR count). The molecule has 2 N–H and O–H groups in total. The van der Waals surface area contributed by atoms with Crippen molar-refractivity contribution in [3.05, 3.63) is 40.9 Å². The lowest BCUT2D eigenvalue weighted by Gasteiger charge is -2.17. The summed E-state index contributed by atoms with van der Waals surface area (Å²) < 4.78 is 5.17. The number of aliphatic imine (C=N–C) groups is 1. The predicted molar refractivity (Wildman–Crippen MR) is 107 cm³/mol. The van der Waals surface area contributed by atoms with E-state index in [0.29, 0.717) is 13.1 Å². The van der Waals surface area contributed by atoms with Crippen LogP contribution in [0.5, 0.6) is 0 Å². The molecule has 0 aliphatic carbocycles. The van der Waals surface area contributed by atoms with E-state index in [2.05, 4.69) is 31.8 Å². The summed E-state index contributed by atoms with van der Waals surface area (Å²) in [6.07, 6.45) is 1.80. The van der Waals surface area contributed by atoms with Crippen molar-refractivity contribution < 1.29 is 4.52 Å². The number of anilines is 1. The maximum Gasteiger partial charge on any atom is 0.191 e. The maximum atomic E-state index is 5.17. The maximum absolute atomic E-state index is 5.17. The fraction of sp³-hybridized carbons (Fsp3) is 0.438. The molecule has 0 amide bonds. The topological polar surface area (TPSA) is 78.6 Å². The standard InChI is InChI=1S/C16H24N6O.HI/c1-11-14(12(2)23-21-11)10-20-16(17-3)19-9-13-7-6-8-18-15(13)22(4)5;/h6-8H,9-10H2,1-5H3,(H2,17,19,20);1H. The van der Waals surface area contributed by atoms with E-state index >= 15 is 0 Å². The number of nitrogens with zero attached hydrogens (tertiary/aromatic N) is 4. The number of halogens is 1. The van der Waals surface area contributed by atoms with Gasteiger partial charge in [-0.05, 0) is 19.9 Å². The van der Waals surface area contributed by atoms with Crippen molar-refractivity contribution in [3.63, 3.8) is 0 Å². The highest BCUT2D eigenvalue weighted by Crippen LogP contribution is 2.14. The van der Waals surface area contributed by atoms with E-state index in [4.69, 9.17) is 4.52 Å². The van der Waals surface area contributed by atoms with Gasteiger partial charge in [0, 0.05) is 51.6 Å². The molecule has 2 aromatic heterocycles. The second kappa shape index (κ2) is 9.45. The average Bonchev–Trinajstić information content (AvgIpc) is 2.86. The monoisotopic (exact) mass is 444 g/mol. The molecule has 0 unspecified atom stereocenters. The van der Waals surface area contributed by atoms with Gasteiger partial charge in [0.2, 0.25) is 0 Å². The molecule has 0 aromatic carbocycles. The van der Waals surface area contributed by atoms with Crippen LogP contribution >= 0.6 is 24.0 Å². The summed E-state index contributed by atoms with van der Waals surface area (Å²) in [5.74, 6) is 2.49. The Labute approximate surface area is 159 Å². The first-order chi connectivity index (χ1) is 11.0. The van der Waals surface area contributed by atoms with Gasteiger partial charge in [-0.1, -0.05) is 11.2 Å². The summed E-state index contributed by atoms with van der Waals surface area (Å²) in [6.45, 7) is 5.10. The third-order valence-corrected chi connectivity index (χ3v) is 3.57. The van der Waals surface area contributed by atoms with Gasteiger partial charge in [-0.2, -0.15) is 0 Å². The summed E-state index contributed by atoms with van der Waals surface area (Å²) in [4.78, 5) is 10.6. The van der Waals surface area contributed by atoms with Gasteiger partial charge < -0.3 is 20.1 Å². The molecule has 0 spiro atoms. The molecule has 0 radical (unpaired) electrons. The summed E-state index contributed by atoms with van der Waals surface area (Å²) in [7, 11) is 5.71. The number of nitrogens with one attached hydrogen (secondary N) is 2. The molecule has 0 saturated heterocycles. The highest BCUT2D eigenvalue weighted by Gasteiger charge is 2.10. The van der Waals surface area contributed by atoms with Gasteiger partial charge in [-0.25, -0.2) is 4.98 Å². The zero-order valence-electron chi connectivity index (χ0n) is 14.8. The molecule has 0 saturated carbocycles. The lowest BCUT2D eigenvalue weighted by molar-refractivity contribution is 0.392. The number of pyridine rings is 1. The number of aromatic nitrogens is 2. The van der Waals surface area contributed by atoms with Crippen molar-refractivity contribution in [1.29, 1.82) is 0 Å². The second-order valence-corrected chi connectivity index (χ2v) is 5.46. The van der Waals surface area contributed by atoms with Crippen LogP contribution in [-0.4, -0.2) is 37.2 Å². The van der Waals surface area contributed by atoms with Crippen LogP contribution in [-0.2, 0) is 13.1 Å². The Kier molecular flexibility index (Phi) is 7.96. The molecule has 24 heavy (non-hydrogen) atoms. The highest BCUT2D eigenvalue weighted by atomic mass is 127. The minimum Gasteiger partial charge on any atom is -0.362 e. The van der Waals surface area contributed by atoms with E-state index < -0.39 is 0 Å². The molecule has 2 heterocycles. The molecule has 2 aromatic rings. The number of guanidine groups is 1. The SMILES string of the molecule is CN=C(NCc1cccnc1N(C)C)NCc1c(C)noc1C.I. The van der Waals surface area contributed by atoms with Crippen molar-refractivity contribution in [2.24, 2.45) is 4.99 Å². The minimum absolute atomic E-state index is 0. The van der Waals surface area contributed by atoms with Gasteiger partial charge in [0.25, 0.3) is 0 Å².